The smallest absolute Gasteiger partial charge is 0.202 e. The zero-order valence-corrected chi connectivity index (χ0v) is 8.20. The molecule has 0 aromatic carbocycles. The first-order chi connectivity index (χ1) is 6.05. The summed E-state index contributed by atoms with van der Waals surface area (Å²) in [5.41, 5.74) is 5.77. The fraction of sp³-hybridized carbons (Fsp3) is 0.125. The molecule has 0 saturated carbocycles. The average molecular weight is 247 g/mol. The van der Waals surface area contributed by atoms with Crippen molar-refractivity contribution in [3.05, 3.63) is 36.0 Å². The fourth-order valence-electron chi connectivity index (χ4n) is 0.821. The van der Waals surface area contributed by atoms with E-state index in [1.807, 2.05) is 0 Å². The molecule has 0 aromatic rings. The van der Waals surface area contributed by atoms with Gasteiger partial charge in [-0.25, -0.2) is 4.39 Å². The summed E-state index contributed by atoms with van der Waals surface area (Å²) in [6, 6.07) is 0. The molecular weight excluding hydrogens is 239 g/mol. The Hall–Kier alpha value is -1.10. The maximum Gasteiger partial charge on any atom is 0.202 e. The van der Waals surface area contributed by atoms with E-state index >= 15 is 0 Å². The standard InChI is InChI=1S/C8H8BrFN2O/c9-8(10)4-1-2-6(3-5-8)7(11)12-13/h1-5,13H,(H2,11,12). The lowest BCUT2D eigenvalue weighted by Gasteiger charge is -2.04. The van der Waals surface area contributed by atoms with Crippen molar-refractivity contribution >= 4 is 21.8 Å². The zero-order chi connectivity index (χ0) is 9.90. The van der Waals surface area contributed by atoms with E-state index in [0.717, 1.165) is 0 Å². The summed E-state index contributed by atoms with van der Waals surface area (Å²) < 4.78 is 11.6. The minimum absolute atomic E-state index is 0.0499. The molecule has 0 amide bonds. The molecular formula is C8H8BrFN2O. The zero-order valence-electron chi connectivity index (χ0n) is 6.61. The van der Waals surface area contributed by atoms with E-state index in [-0.39, 0.29) is 5.84 Å². The second-order valence-electron chi connectivity index (χ2n) is 2.47. The Labute approximate surface area is 83.2 Å². The average Bonchev–Trinajstić information content (AvgIpc) is 2.25. The normalized spacial score (nSPS) is 28.5. The maximum absolute atomic E-state index is 13.2. The number of amidine groups is 1. The molecule has 3 nitrogen and oxygen atoms in total. The number of halogens is 2. The molecule has 1 aliphatic rings. The van der Waals surface area contributed by atoms with Gasteiger partial charge in [-0.05, 0) is 28.1 Å². The van der Waals surface area contributed by atoms with Gasteiger partial charge in [0.1, 0.15) is 0 Å². The molecule has 3 N–H and O–H groups in total. The first kappa shape index (κ1) is 9.98. The van der Waals surface area contributed by atoms with Crippen LogP contribution in [0, 0.1) is 0 Å². The van der Waals surface area contributed by atoms with Gasteiger partial charge in [0.05, 0.1) is 0 Å². The van der Waals surface area contributed by atoms with E-state index in [1.165, 1.54) is 24.3 Å². The van der Waals surface area contributed by atoms with Gasteiger partial charge in [-0.2, -0.15) is 0 Å². The summed E-state index contributed by atoms with van der Waals surface area (Å²) in [6.45, 7) is 0. The second-order valence-corrected chi connectivity index (χ2v) is 3.69. The summed E-state index contributed by atoms with van der Waals surface area (Å²) in [6.07, 6.45) is 7.04. The van der Waals surface area contributed by atoms with Crippen LogP contribution in [0.4, 0.5) is 4.39 Å². The molecule has 0 saturated heterocycles. The van der Waals surface area contributed by atoms with E-state index in [2.05, 4.69) is 21.1 Å². The van der Waals surface area contributed by atoms with Gasteiger partial charge in [0.15, 0.2) is 5.84 Å². The van der Waals surface area contributed by atoms with Gasteiger partial charge in [-0.15, -0.1) is 0 Å². The maximum atomic E-state index is 13.2. The highest BCUT2D eigenvalue weighted by Gasteiger charge is 2.18. The number of nitrogens with two attached hydrogens (primary N) is 1. The van der Waals surface area contributed by atoms with E-state index in [0.29, 0.717) is 5.57 Å². The fourth-order valence-corrected chi connectivity index (χ4v) is 1.11. The van der Waals surface area contributed by atoms with Crippen molar-refractivity contribution in [3.8, 4) is 0 Å². The second kappa shape index (κ2) is 3.74. The molecule has 1 atom stereocenters. The highest BCUT2D eigenvalue weighted by Crippen LogP contribution is 2.26. The molecule has 1 unspecified atom stereocenters. The summed E-state index contributed by atoms with van der Waals surface area (Å²) in [4.78, 5) is 0. The van der Waals surface area contributed by atoms with Gasteiger partial charge < -0.3 is 10.9 Å². The van der Waals surface area contributed by atoms with E-state index in [9.17, 15) is 4.39 Å². The molecule has 1 rings (SSSR count). The first-order valence-corrected chi connectivity index (χ1v) is 4.29. The van der Waals surface area contributed by atoms with Crippen molar-refractivity contribution in [1.29, 1.82) is 0 Å². The van der Waals surface area contributed by atoms with Crippen molar-refractivity contribution < 1.29 is 9.60 Å². The number of allylic oxidation sites excluding steroid dienone is 4. The summed E-state index contributed by atoms with van der Waals surface area (Å²) >= 11 is 2.82. The molecule has 0 aliphatic heterocycles. The number of nitrogens with zero attached hydrogens (tertiary/aromatic N) is 1. The van der Waals surface area contributed by atoms with Crippen LogP contribution in [0.25, 0.3) is 0 Å². The molecule has 0 bridgehead atoms. The summed E-state index contributed by atoms with van der Waals surface area (Å²) in [5, 5.41) is 11.2. The van der Waals surface area contributed by atoms with Crippen LogP contribution in [0.2, 0.25) is 0 Å². The van der Waals surface area contributed by atoms with Gasteiger partial charge in [0.2, 0.25) is 4.58 Å². The van der Waals surface area contributed by atoms with Gasteiger partial charge in [-0.3, -0.25) is 0 Å². The lowest BCUT2D eigenvalue weighted by molar-refractivity contribution is 0.318. The van der Waals surface area contributed by atoms with Gasteiger partial charge in [0.25, 0.3) is 0 Å². The van der Waals surface area contributed by atoms with Crippen molar-refractivity contribution in [2.45, 2.75) is 4.58 Å². The van der Waals surface area contributed by atoms with E-state index in [1.54, 1.807) is 6.08 Å². The third kappa shape index (κ3) is 2.69. The Kier molecular flexibility index (Phi) is 2.87. The SMILES string of the molecule is N/C(=N\O)C1=CC=CC(F)(Br)C=C1. The van der Waals surface area contributed by atoms with Crippen molar-refractivity contribution in [2.24, 2.45) is 10.9 Å². The van der Waals surface area contributed by atoms with Crippen LogP contribution >= 0.6 is 15.9 Å². The lowest BCUT2D eigenvalue weighted by Crippen LogP contribution is -2.13. The Morgan fingerprint density at radius 2 is 2.31 bits per heavy atom. The van der Waals surface area contributed by atoms with Crippen LogP contribution in [0.1, 0.15) is 0 Å². The monoisotopic (exact) mass is 246 g/mol. The minimum Gasteiger partial charge on any atom is -0.409 e. The van der Waals surface area contributed by atoms with Crippen molar-refractivity contribution in [2.75, 3.05) is 0 Å². The Morgan fingerprint density at radius 3 is 2.92 bits per heavy atom. The van der Waals surface area contributed by atoms with Crippen LogP contribution in [-0.4, -0.2) is 15.6 Å². The first-order valence-electron chi connectivity index (χ1n) is 3.49. The largest absolute Gasteiger partial charge is 0.409 e. The predicted molar refractivity (Wildman–Crippen MR) is 52.5 cm³/mol. The number of alkyl halides is 2. The molecule has 0 fully saturated rings. The summed E-state index contributed by atoms with van der Waals surface area (Å²) in [7, 11) is 0. The van der Waals surface area contributed by atoms with E-state index < -0.39 is 4.58 Å². The van der Waals surface area contributed by atoms with Crippen LogP contribution < -0.4 is 5.73 Å². The van der Waals surface area contributed by atoms with Gasteiger partial charge in [0, 0.05) is 5.57 Å². The molecule has 0 radical (unpaired) electrons. The molecule has 0 aromatic heterocycles. The third-order valence-corrected chi connectivity index (χ3v) is 2.01. The molecule has 13 heavy (non-hydrogen) atoms. The summed E-state index contributed by atoms with van der Waals surface area (Å²) in [5.74, 6) is -0.0499. The number of hydrogen-bond donors (Lipinski definition) is 2. The van der Waals surface area contributed by atoms with Crippen LogP contribution in [-0.2, 0) is 0 Å². The minimum atomic E-state index is -1.67. The van der Waals surface area contributed by atoms with Gasteiger partial charge >= 0.3 is 0 Å². The van der Waals surface area contributed by atoms with Crippen LogP contribution in [0.15, 0.2) is 41.1 Å². The Bertz CT molecular complexity index is 318. The molecule has 0 spiro atoms. The molecule has 1 aliphatic carbocycles. The Balaban J connectivity index is 2.95. The predicted octanol–water partition coefficient (Wildman–Crippen LogP) is 1.85. The molecule has 0 heterocycles. The molecule has 5 heteroatoms. The van der Waals surface area contributed by atoms with Crippen molar-refractivity contribution in [1.82, 2.24) is 0 Å². The third-order valence-electron chi connectivity index (χ3n) is 1.48. The van der Waals surface area contributed by atoms with Crippen LogP contribution in [0.5, 0.6) is 0 Å². The molecule has 70 valence electrons. The highest BCUT2D eigenvalue weighted by molar-refractivity contribution is 9.10. The lowest BCUT2D eigenvalue weighted by atomic mass is 10.2. The van der Waals surface area contributed by atoms with E-state index in [4.69, 9.17) is 10.9 Å². The number of hydrogen-bond acceptors (Lipinski definition) is 2. The topological polar surface area (TPSA) is 58.6 Å². The number of oxime groups is 1. The Morgan fingerprint density at radius 1 is 1.62 bits per heavy atom. The van der Waals surface area contributed by atoms with Crippen molar-refractivity contribution in [3.63, 3.8) is 0 Å². The van der Waals surface area contributed by atoms with Gasteiger partial charge in [-0.1, -0.05) is 23.4 Å². The quantitative estimate of drug-likeness (QED) is 0.244. The highest BCUT2D eigenvalue weighted by atomic mass is 79.9. The number of rotatable bonds is 1. The van der Waals surface area contributed by atoms with Crippen LogP contribution in [0.3, 0.4) is 0 Å².